The summed E-state index contributed by atoms with van der Waals surface area (Å²) in [4.78, 5) is 9.38. The Morgan fingerprint density at radius 2 is 1.79 bits per heavy atom. The van der Waals surface area contributed by atoms with Gasteiger partial charge in [-0.05, 0) is 42.0 Å². The summed E-state index contributed by atoms with van der Waals surface area (Å²) in [5.74, 6) is 2.09. The number of para-hydroxylation sites is 1. The van der Waals surface area contributed by atoms with Gasteiger partial charge in [-0.25, -0.2) is 9.97 Å². The van der Waals surface area contributed by atoms with E-state index in [-0.39, 0.29) is 0 Å². The summed E-state index contributed by atoms with van der Waals surface area (Å²) in [5.41, 5.74) is 5.79. The lowest BCUT2D eigenvalue weighted by atomic mass is 10.2. The average molecular weight is 433 g/mol. The first kappa shape index (κ1) is 18.1. The van der Waals surface area contributed by atoms with E-state index in [1.807, 2.05) is 72.8 Å². The Morgan fingerprint density at radius 3 is 2.61 bits per heavy atom. The Morgan fingerprint density at radius 1 is 0.964 bits per heavy atom. The summed E-state index contributed by atoms with van der Waals surface area (Å²) < 4.78 is 6.26. The zero-order valence-electron chi connectivity index (χ0n) is 15.1. The molecule has 0 aliphatic rings. The fraction of sp³-hybridized carbons (Fsp3) is 0.0455. The Labute approximate surface area is 171 Å². The SMILES string of the molecule is COc1cccc(/C=N/Nc2nc(-c3ccc(Br)cc3)nc3ccccc23)c1. The molecule has 4 aromatic rings. The number of nitrogens with zero attached hydrogens (tertiary/aromatic N) is 3. The quantitative estimate of drug-likeness (QED) is 0.333. The van der Waals surface area contributed by atoms with Crippen molar-refractivity contribution < 1.29 is 4.74 Å². The molecule has 0 atom stereocenters. The second kappa shape index (κ2) is 8.19. The Hall–Kier alpha value is -3.25. The van der Waals surface area contributed by atoms with Crippen molar-refractivity contribution in [2.75, 3.05) is 12.5 Å². The molecule has 0 spiro atoms. The third kappa shape index (κ3) is 4.02. The third-order valence-corrected chi connectivity index (χ3v) is 4.71. The maximum absolute atomic E-state index is 5.24. The summed E-state index contributed by atoms with van der Waals surface area (Å²) in [6.07, 6.45) is 1.73. The highest BCUT2D eigenvalue weighted by Gasteiger charge is 2.09. The molecule has 3 aromatic carbocycles. The van der Waals surface area contributed by atoms with Crippen molar-refractivity contribution in [2.24, 2.45) is 5.10 Å². The standard InChI is InChI=1S/C22H17BrN4O/c1-28-18-6-4-5-15(13-18)14-24-27-22-19-7-2-3-8-20(19)25-21(26-22)16-9-11-17(23)12-10-16/h2-14H,1H3,(H,25,26,27)/b24-14+. The van der Waals surface area contributed by atoms with Crippen LogP contribution in [0.4, 0.5) is 5.82 Å². The zero-order valence-corrected chi connectivity index (χ0v) is 16.7. The topological polar surface area (TPSA) is 59.4 Å². The zero-order chi connectivity index (χ0) is 19.3. The number of fused-ring (bicyclic) bond motifs is 1. The van der Waals surface area contributed by atoms with Crippen molar-refractivity contribution in [3.63, 3.8) is 0 Å². The number of anilines is 1. The van der Waals surface area contributed by atoms with Gasteiger partial charge in [0, 0.05) is 15.4 Å². The smallest absolute Gasteiger partial charge is 0.162 e. The van der Waals surface area contributed by atoms with Crippen LogP contribution in [0.2, 0.25) is 0 Å². The molecule has 138 valence electrons. The third-order valence-electron chi connectivity index (χ3n) is 4.18. The van der Waals surface area contributed by atoms with E-state index >= 15 is 0 Å². The second-order valence-corrected chi connectivity index (χ2v) is 6.98. The van der Waals surface area contributed by atoms with E-state index in [1.165, 1.54) is 0 Å². The Bertz CT molecular complexity index is 1140. The lowest BCUT2D eigenvalue weighted by Gasteiger charge is -2.08. The van der Waals surface area contributed by atoms with E-state index in [4.69, 9.17) is 4.74 Å². The average Bonchev–Trinajstić information content (AvgIpc) is 2.74. The number of nitrogens with one attached hydrogen (secondary N) is 1. The van der Waals surface area contributed by atoms with Crippen LogP contribution < -0.4 is 10.2 Å². The van der Waals surface area contributed by atoms with Crippen molar-refractivity contribution in [1.82, 2.24) is 9.97 Å². The van der Waals surface area contributed by atoms with Gasteiger partial charge in [-0.2, -0.15) is 5.10 Å². The Balaban J connectivity index is 1.68. The number of hydrazone groups is 1. The van der Waals surface area contributed by atoms with Crippen molar-refractivity contribution in [3.8, 4) is 17.1 Å². The predicted molar refractivity (Wildman–Crippen MR) is 117 cm³/mol. The minimum Gasteiger partial charge on any atom is -0.497 e. The van der Waals surface area contributed by atoms with Crippen LogP contribution in [-0.4, -0.2) is 23.3 Å². The first-order valence-electron chi connectivity index (χ1n) is 8.69. The summed E-state index contributed by atoms with van der Waals surface area (Å²) in [6, 6.07) is 23.5. The summed E-state index contributed by atoms with van der Waals surface area (Å²) in [7, 11) is 1.64. The molecular formula is C22H17BrN4O. The number of hydrogen-bond donors (Lipinski definition) is 1. The molecule has 0 aliphatic carbocycles. The van der Waals surface area contributed by atoms with Crippen LogP contribution in [0.1, 0.15) is 5.56 Å². The molecule has 0 saturated carbocycles. The number of methoxy groups -OCH3 is 1. The molecule has 0 saturated heterocycles. The maximum Gasteiger partial charge on any atom is 0.162 e. The molecule has 28 heavy (non-hydrogen) atoms. The van der Waals surface area contributed by atoms with Gasteiger partial charge in [-0.1, -0.05) is 52.3 Å². The van der Waals surface area contributed by atoms with Crippen LogP contribution in [0, 0.1) is 0 Å². The minimum atomic E-state index is 0.644. The first-order chi connectivity index (χ1) is 13.7. The fourth-order valence-corrected chi connectivity index (χ4v) is 3.04. The van der Waals surface area contributed by atoms with Crippen LogP contribution in [0.25, 0.3) is 22.3 Å². The van der Waals surface area contributed by atoms with Gasteiger partial charge in [0.1, 0.15) is 5.75 Å². The molecule has 4 rings (SSSR count). The maximum atomic E-state index is 5.24. The van der Waals surface area contributed by atoms with Gasteiger partial charge in [0.15, 0.2) is 11.6 Å². The highest BCUT2D eigenvalue weighted by Crippen LogP contribution is 2.25. The van der Waals surface area contributed by atoms with Crippen LogP contribution in [-0.2, 0) is 0 Å². The van der Waals surface area contributed by atoms with Crippen LogP contribution in [0.3, 0.4) is 0 Å². The molecule has 0 fully saturated rings. The lowest BCUT2D eigenvalue weighted by molar-refractivity contribution is 0.415. The largest absolute Gasteiger partial charge is 0.497 e. The van der Waals surface area contributed by atoms with Gasteiger partial charge in [0.25, 0.3) is 0 Å². The molecular weight excluding hydrogens is 416 g/mol. The van der Waals surface area contributed by atoms with Gasteiger partial charge >= 0.3 is 0 Å². The number of rotatable bonds is 5. The van der Waals surface area contributed by atoms with Gasteiger partial charge in [-0.3, -0.25) is 5.43 Å². The molecule has 0 aliphatic heterocycles. The molecule has 1 aromatic heterocycles. The number of halogens is 1. The van der Waals surface area contributed by atoms with Crippen molar-refractivity contribution in [1.29, 1.82) is 0 Å². The number of aromatic nitrogens is 2. The van der Waals surface area contributed by atoms with Crippen molar-refractivity contribution in [2.45, 2.75) is 0 Å². The molecule has 0 bridgehead atoms. The first-order valence-corrected chi connectivity index (χ1v) is 9.48. The summed E-state index contributed by atoms with van der Waals surface area (Å²) in [5, 5.41) is 5.27. The molecule has 0 radical (unpaired) electrons. The molecule has 0 unspecified atom stereocenters. The molecule has 1 heterocycles. The molecule has 0 amide bonds. The normalized spacial score (nSPS) is 11.1. The van der Waals surface area contributed by atoms with E-state index in [2.05, 4.69) is 36.4 Å². The van der Waals surface area contributed by atoms with Gasteiger partial charge in [0.05, 0.1) is 18.8 Å². The van der Waals surface area contributed by atoms with Gasteiger partial charge < -0.3 is 4.74 Å². The van der Waals surface area contributed by atoms with Crippen LogP contribution in [0.5, 0.6) is 5.75 Å². The van der Waals surface area contributed by atoms with Crippen molar-refractivity contribution in [3.05, 3.63) is 82.8 Å². The highest BCUT2D eigenvalue weighted by molar-refractivity contribution is 9.10. The van der Waals surface area contributed by atoms with E-state index in [9.17, 15) is 0 Å². The van der Waals surface area contributed by atoms with Crippen molar-refractivity contribution >= 4 is 38.9 Å². The number of ether oxygens (including phenoxy) is 1. The summed E-state index contributed by atoms with van der Waals surface area (Å²) >= 11 is 3.46. The fourth-order valence-electron chi connectivity index (χ4n) is 2.78. The monoisotopic (exact) mass is 432 g/mol. The minimum absolute atomic E-state index is 0.644. The summed E-state index contributed by atoms with van der Waals surface area (Å²) in [6.45, 7) is 0. The van der Waals surface area contributed by atoms with E-state index in [0.717, 1.165) is 32.3 Å². The second-order valence-electron chi connectivity index (χ2n) is 6.07. The lowest BCUT2D eigenvalue weighted by Crippen LogP contribution is -1.99. The highest BCUT2D eigenvalue weighted by atomic mass is 79.9. The van der Waals surface area contributed by atoms with Gasteiger partial charge in [0.2, 0.25) is 0 Å². The van der Waals surface area contributed by atoms with Crippen LogP contribution >= 0.6 is 15.9 Å². The van der Waals surface area contributed by atoms with E-state index < -0.39 is 0 Å². The van der Waals surface area contributed by atoms with Gasteiger partial charge in [-0.15, -0.1) is 0 Å². The van der Waals surface area contributed by atoms with E-state index in [0.29, 0.717) is 11.6 Å². The van der Waals surface area contributed by atoms with E-state index in [1.54, 1.807) is 13.3 Å². The number of hydrogen-bond acceptors (Lipinski definition) is 5. The Kier molecular flexibility index (Phi) is 5.30. The van der Waals surface area contributed by atoms with Crippen LogP contribution in [0.15, 0.2) is 82.4 Å². The molecule has 1 N–H and O–H groups in total. The molecule has 6 heteroatoms. The predicted octanol–water partition coefficient (Wildman–Crippen LogP) is 5.51. The molecule has 5 nitrogen and oxygen atoms in total. The number of benzene rings is 3.